The minimum atomic E-state index is 0.0744. The molecule has 0 aromatic heterocycles. The third kappa shape index (κ3) is 2.96. The summed E-state index contributed by atoms with van der Waals surface area (Å²) in [6.07, 6.45) is 0.928. The van der Waals surface area contributed by atoms with Crippen molar-refractivity contribution in [2.75, 3.05) is 32.1 Å². The monoisotopic (exact) mass is 276 g/mol. The van der Waals surface area contributed by atoms with Gasteiger partial charge in [-0.05, 0) is 43.9 Å². The van der Waals surface area contributed by atoms with Gasteiger partial charge < -0.3 is 4.90 Å². The first-order valence-corrected chi connectivity index (χ1v) is 7.28. The molecule has 1 aliphatic rings. The van der Waals surface area contributed by atoms with E-state index < -0.39 is 0 Å². The molecule has 2 rings (SSSR count). The summed E-state index contributed by atoms with van der Waals surface area (Å²) in [5.74, 6) is 0.510. The number of benzene rings is 1. The summed E-state index contributed by atoms with van der Waals surface area (Å²) in [7, 11) is 3.19. The molecule has 1 aliphatic carbocycles. The average Bonchev–Trinajstić information content (AvgIpc) is 3.28. The highest BCUT2D eigenvalue weighted by Gasteiger charge is 2.45. The van der Waals surface area contributed by atoms with E-state index >= 15 is 0 Å². The molecular weight excluding hydrogens is 252 g/mol. The number of rotatable bonds is 6. The van der Waals surface area contributed by atoms with Gasteiger partial charge >= 0.3 is 0 Å². The number of amides is 1. The van der Waals surface area contributed by atoms with Crippen molar-refractivity contribution in [3.8, 4) is 0 Å². The van der Waals surface area contributed by atoms with E-state index in [9.17, 15) is 4.79 Å². The van der Waals surface area contributed by atoms with Crippen LogP contribution in [0.1, 0.15) is 31.7 Å². The molecule has 4 heteroatoms. The van der Waals surface area contributed by atoms with Crippen LogP contribution in [0.15, 0.2) is 24.3 Å². The van der Waals surface area contributed by atoms with Crippen molar-refractivity contribution >= 4 is 11.6 Å². The molecule has 0 spiro atoms. The summed E-state index contributed by atoms with van der Waals surface area (Å²) in [6, 6.07) is 8.61. The minimum Gasteiger partial charge on any atom is -0.372 e. The van der Waals surface area contributed by atoms with E-state index in [1.807, 2.05) is 0 Å². The van der Waals surface area contributed by atoms with Gasteiger partial charge in [0.2, 0.25) is 5.91 Å². The molecule has 0 bridgehead atoms. The molecule has 1 aromatic carbocycles. The lowest BCUT2D eigenvalue weighted by atomic mass is 10.1. The molecule has 0 heterocycles. The Morgan fingerprint density at radius 1 is 1.25 bits per heavy atom. The second kappa shape index (κ2) is 6.27. The highest BCUT2D eigenvalue weighted by molar-refractivity contribution is 5.82. The van der Waals surface area contributed by atoms with Crippen molar-refractivity contribution in [2.24, 2.45) is 5.92 Å². The van der Waals surface area contributed by atoms with Gasteiger partial charge in [0.15, 0.2) is 0 Å². The maximum Gasteiger partial charge on any atom is 0.249 e. The molecule has 0 aliphatic heterocycles. The minimum absolute atomic E-state index is 0.0744. The molecule has 0 saturated heterocycles. The van der Waals surface area contributed by atoms with E-state index in [0.717, 1.165) is 19.5 Å². The fourth-order valence-corrected chi connectivity index (χ4v) is 2.68. The standard InChI is InChI=1S/C16H24N2O2/c1-5-18(6-2)13-9-7-12(8-10-13)14-11-15(14)16(19)17(3)20-4/h7-10,14-15H,5-6,11H2,1-4H3. The fourth-order valence-electron chi connectivity index (χ4n) is 2.68. The zero-order chi connectivity index (χ0) is 14.7. The molecule has 0 radical (unpaired) electrons. The van der Waals surface area contributed by atoms with Crippen molar-refractivity contribution in [3.63, 3.8) is 0 Å². The zero-order valence-corrected chi connectivity index (χ0v) is 12.8. The van der Waals surface area contributed by atoms with Gasteiger partial charge in [-0.3, -0.25) is 9.63 Å². The topological polar surface area (TPSA) is 32.8 Å². The fraction of sp³-hybridized carbons (Fsp3) is 0.562. The van der Waals surface area contributed by atoms with E-state index in [2.05, 4.69) is 43.0 Å². The predicted molar refractivity (Wildman–Crippen MR) is 80.6 cm³/mol. The lowest BCUT2D eigenvalue weighted by Crippen LogP contribution is -2.27. The Balaban J connectivity index is 2.01. The average molecular weight is 276 g/mol. The molecule has 2 unspecified atom stereocenters. The van der Waals surface area contributed by atoms with Crippen LogP contribution in [0.5, 0.6) is 0 Å². The molecule has 2 atom stereocenters. The summed E-state index contributed by atoms with van der Waals surface area (Å²) in [6.45, 7) is 6.35. The summed E-state index contributed by atoms with van der Waals surface area (Å²) in [5, 5.41) is 1.33. The van der Waals surface area contributed by atoms with Crippen molar-refractivity contribution in [1.82, 2.24) is 5.06 Å². The molecule has 0 N–H and O–H groups in total. The zero-order valence-electron chi connectivity index (χ0n) is 12.8. The van der Waals surface area contributed by atoms with Crippen LogP contribution in [0.3, 0.4) is 0 Å². The Morgan fingerprint density at radius 3 is 2.35 bits per heavy atom. The number of hydrogen-bond acceptors (Lipinski definition) is 3. The second-order valence-corrected chi connectivity index (χ2v) is 5.23. The number of carbonyl (C=O) groups is 1. The third-order valence-corrected chi connectivity index (χ3v) is 4.14. The number of carbonyl (C=O) groups excluding carboxylic acids is 1. The predicted octanol–water partition coefficient (Wildman–Crippen LogP) is 2.66. The Morgan fingerprint density at radius 2 is 1.85 bits per heavy atom. The summed E-state index contributed by atoms with van der Waals surface area (Å²) < 4.78 is 0. The number of hydrogen-bond donors (Lipinski definition) is 0. The van der Waals surface area contributed by atoms with Crippen LogP contribution in [-0.4, -0.2) is 38.2 Å². The van der Waals surface area contributed by atoms with Gasteiger partial charge in [-0.2, -0.15) is 0 Å². The Labute approximate surface area is 121 Å². The van der Waals surface area contributed by atoms with Crippen LogP contribution in [0.2, 0.25) is 0 Å². The van der Waals surface area contributed by atoms with Gasteiger partial charge in [0, 0.05) is 31.7 Å². The van der Waals surface area contributed by atoms with Crippen LogP contribution in [-0.2, 0) is 9.63 Å². The van der Waals surface area contributed by atoms with Crippen LogP contribution >= 0.6 is 0 Å². The first kappa shape index (κ1) is 14.9. The van der Waals surface area contributed by atoms with Gasteiger partial charge in [0.05, 0.1) is 7.11 Å². The number of nitrogens with zero attached hydrogens (tertiary/aromatic N) is 2. The van der Waals surface area contributed by atoms with Gasteiger partial charge in [-0.1, -0.05) is 12.1 Å². The first-order valence-electron chi connectivity index (χ1n) is 7.28. The SMILES string of the molecule is CCN(CC)c1ccc(C2CC2C(=O)N(C)OC)cc1. The summed E-state index contributed by atoms with van der Waals surface area (Å²) in [4.78, 5) is 19.3. The molecule has 4 nitrogen and oxygen atoms in total. The lowest BCUT2D eigenvalue weighted by molar-refractivity contribution is -0.170. The Kier molecular flexibility index (Phi) is 4.65. The largest absolute Gasteiger partial charge is 0.372 e. The Bertz CT molecular complexity index is 454. The normalized spacial score (nSPS) is 20.6. The summed E-state index contributed by atoms with van der Waals surface area (Å²) in [5.41, 5.74) is 2.50. The van der Waals surface area contributed by atoms with Crippen molar-refractivity contribution in [3.05, 3.63) is 29.8 Å². The van der Waals surface area contributed by atoms with Crippen LogP contribution < -0.4 is 4.90 Å². The third-order valence-electron chi connectivity index (χ3n) is 4.14. The van der Waals surface area contributed by atoms with Crippen LogP contribution in [0.4, 0.5) is 5.69 Å². The Hall–Kier alpha value is -1.55. The van der Waals surface area contributed by atoms with E-state index in [1.54, 1.807) is 7.05 Å². The molecular formula is C16H24N2O2. The number of anilines is 1. The maximum absolute atomic E-state index is 12.0. The van der Waals surface area contributed by atoms with E-state index in [-0.39, 0.29) is 11.8 Å². The molecule has 1 amide bonds. The highest BCUT2D eigenvalue weighted by atomic mass is 16.7. The highest BCUT2D eigenvalue weighted by Crippen LogP contribution is 2.48. The van der Waals surface area contributed by atoms with Crippen LogP contribution in [0.25, 0.3) is 0 Å². The molecule has 1 saturated carbocycles. The lowest BCUT2D eigenvalue weighted by Gasteiger charge is -2.21. The molecule has 1 aromatic rings. The van der Waals surface area contributed by atoms with E-state index in [0.29, 0.717) is 5.92 Å². The van der Waals surface area contributed by atoms with Gasteiger partial charge in [-0.15, -0.1) is 0 Å². The van der Waals surface area contributed by atoms with Crippen molar-refractivity contribution in [1.29, 1.82) is 0 Å². The van der Waals surface area contributed by atoms with Gasteiger partial charge in [-0.25, -0.2) is 5.06 Å². The van der Waals surface area contributed by atoms with Crippen LogP contribution in [0, 0.1) is 5.92 Å². The van der Waals surface area contributed by atoms with Gasteiger partial charge in [0.25, 0.3) is 0 Å². The quantitative estimate of drug-likeness (QED) is 0.749. The number of hydroxylamine groups is 2. The van der Waals surface area contributed by atoms with Gasteiger partial charge in [0.1, 0.15) is 0 Å². The van der Waals surface area contributed by atoms with Crippen molar-refractivity contribution < 1.29 is 9.63 Å². The van der Waals surface area contributed by atoms with E-state index in [1.165, 1.54) is 23.4 Å². The molecule has 1 fully saturated rings. The van der Waals surface area contributed by atoms with Crippen molar-refractivity contribution in [2.45, 2.75) is 26.2 Å². The smallest absolute Gasteiger partial charge is 0.249 e. The summed E-state index contributed by atoms with van der Waals surface area (Å²) >= 11 is 0. The first-order chi connectivity index (χ1) is 9.62. The molecule has 20 heavy (non-hydrogen) atoms. The molecule has 110 valence electrons. The van der Waals surface area contributed by atoms with E-state index in [4.69, 9.17) is 4.84 Å². The second-order valence-electron chi connectivity index (χ2n) is 5.23. The maximum atomic E-state index is 12.0.